The third-order valence-corrected chi connectivity index (χ3v) is 2.53. The summed E-state index contributed by atoms with van der Waals surface area (Å²) >= 11 is 0. The number of anilines is 1. The van der Waals surface area contributed by atoms with Crippen LogP contribution in [0, 0.1) is 13.8 Å². The Hall–Kier alpha value is -1.56. The van der Waals surface area contributed by atoms with Crippen molar-refractivity contribution in [3.63, 3.8) is 0 Å². The van der Waals surface area contributed by atoms with Crippen LogP contribution in [-0.2, 0) is 4.79 Å². The van der Waals surface area contributed by atoms with Gasteiger partial charge in [-0.15, -0.1) is 5.10 Å². The zero-order valence-electron chi connectivity index (χ0n) is 10.5. The average molecular weight is 237 g/mol. The van der Waals surface area contributed by atoms with Crippen molar-refractivity contribution in [2.24, 2.45) is 5.73 Å². The van der Waals surface area contributed by atoms with Gasteiger partial charge in [-0.05, 0) is 20.3 Å². The van der Waals surface area contributed by atoms with Gasteiger partial charge in [0.05, 0.1) is 17.4 Å². The second-order valence-electron chi connectivity index (χ2n) is 4.04. The minimum Gasteiger partial charge on any atom is -0.320 e. The molecule has 0 saturated carbocycles. The van der Waals surface area contributed by atoms with Crippen LogP contribution < -0.4 is 11.1 Å². The number of hydrogen-bond donors (Lipinski definition) is 2. The molecule has 0 unspecified atom stereocenters. The van der Waals surface area contributed by atoms with Crippen LogP contribution in [0.5, 0.6) is 0 Å². The van der Waals surface area contributed by atoms with Crippen LogP contribution in [0.3, 0.4) is 0 Å². The molecule has 3 N–H and O–H groups in total. The molecule has 0 fully saturated rings. The van der Waals surface area contributed by atoms with E-state index in [9.17, 15) is 4.79 Å². The van der Waals surface area contributed by atoms with Crippen LogP contribution in [0.2, 0.25) is 0 Å². The highest BCUT2D eigenvalue weighted by atomic mass is 16.2. The van der Waals surface area contributed by atoms with Gasteiger partial charge >= 0.3 is 0 Å². The second kappa shape index (κ2) is 6.24. The number of nitrogens with one attached hydrogen (secondary N) is 1. The van der Waals surface area contributed by atoms with E-state index in [1.165, 1.54) is 0 Å². The van der Waals surface area contributed by atoms with Crippen LogP contribution >= 0.6 is 0 Å². The molecule has 1 aromatic heterocycles. The summed E-state index contributed by atoms with van der Waals surface area (Å²) in [5.41, 5.74) is 7.23. The van der Waals surface area contributed by atoms with Gasteiger partial charge < -0.3 is 5.73 Å². The molecule has 6 nitrogen and oxygen atoms in total. The number of amides is 1. The molecular weight excluding hydrogens is 218 g/mol. The molecule has 94 valence electrons. The molecule has 1 rings (SSSR count). The van der Waals surface area contributed by atoms with Crippen molar-refractivity contribution in [2.75, 3.05) is 5.32 Å². The lowest BCUT2D eigenvalue weighted by atomic mass is 10.1. The smallest absolute Gasteiger partial charge is 0.249 e. The lowest BCUT2D eigenvalue weighted by Gasteiger charge is -2.10. The van der Waals surface area contributed by atoms with Gasteiger partial charge in [0.15, 0.2) is 0 Å². The van der Waals surface area contributed by atoms with Gasteiger partial charge in [-0.2, -0.15) is 5.10 Å². The standard InChI is InChI=1S/C11H19N5O/c1-4-5-6-9(12)10(17)14-11-13-7(2)8(3)15-16-11/h9H,4-6,12H2,1-3H3,(H,13,14,16,17)/t9-/m0/s1. The minimum atomic E-state index is -0.514. The molecule has 6 heteroatoms. The topological polar surface area (TPSA) is 93.8 Å². The molecule has 0 spiro atoms. The number of carbonyl (C=O) groups is 1. The number of aryl methyl sites for hydroxylation is 2. The Bertz CT molecular complexity index is 393. The first-order valence-electron chi connectivity index (χ1n) is 5.79. The van der Waals surface area contributed by atoms with Gasteiger partial charge in [-0.25, -0.2) is 4.98 Å². The number of rotatable bonds is 5. The van der Waals surface area contributed by atoms with Gasteiger partial charge in [0.25, 0.3) is 0 Å². The predicted octanol–water partition coefficient (Wildman–Crippen LogP) is 0.944. The molecular formula is C11H19N5O. The van der Waals surface area contributed by atoms with E-state index in [-0.39, 0.29) is 11.9 Å². The number of hydrogen-bond acceptors (Lipinski definition) is 5. The molecule has 0 aliphatic rings. The number of unbranched alkanes of at least 4 members (excludes halogenated alkanes) is 1. The van der Waals surface area contributed by atoms with E-state index >= 15 is 0 Å². The molecule has 0 radical (unpaired) electrons. The highest BCUT2D eigenvalue weighted by Crippen LogP contribution is 2.04. The summed E-state index contributed by atoms with van der Waals surface area (Å²) in [6, 6.07) is -0.514. The maximum atomic E-state index is 11.7. The van der Waals surface area contributed by atoms with E-state index in [0.29, 0.717) is 6.42 Å². The highest BCUT2D eigenvalue weighted by molar-refractivity contribution is 5.93. The Kier molecular flexibility index (Phi) is 4.96. The molecule has 17 heavy (non-hydrogen) atoms. The summed E-state index contributed by atoms with van der Waals surface area (Å²) in [6.07, 6.45) is 2.61. The van der Waals surface area contributed by atoms with Gasteiger partial charge in [-0.3, -0.25) is 10.1 Å². The number of nitrogens with zero attached hydrogens (tertiary/aromatic N) is 3. The monoisotopic (exact) mass is 237 g/mol. The van der Waals surface area contributed by atoms with Crippen molar-refractivity contribution in [2.45, 2.75) is 46.1 Å². The van der Waals surface area contributed by atoms with Crippen LogP contribution in [0.1, 0.15) is 37.6 Å². The van der Waals surface area contributed by atoms with Crippen molar-refractivity contribution in [3.8, 4) is 0 Å². The molecule has 0 aliphatic heterocycles. The third kappa shape index (κ3) is 4.07. The molecule has 0 bridgehead atoms. The Morgan fingerprint density at radius 2 is 2.06 bits per heavy atom. The Morgan fingerprint density at radius 1 is 1.35 bits per heavy atom. The van der Waals surface area contributed by atoms with E-state index < -0.39 is 6.04 Å². The SMILES string of the molecule is CCCC[C@H](N)C(=O)Nc1nnc(C)c(C)n1. The normalized spacial score (nSPS) is 12.2. The highest BCUT2D eigenvalue weighted by Gasteiger charge is 2.14. The molecule has 0 aromatic carbocycles. The van der Waals surface area contributed by atoms with Crippen molar-refractivity contribution < 1.29 is 4.79 Å². The fourth-order valence-corrected chi connectivity index (χ4v) is 1.27. The van der Waals surface area contributed by atoms with Gasteiger partial charge in [-0.1, -0.05) is 19.8 Å². The first kappa shape index (κ1) is 13.5. The van der Waals surface area contributed by atoms with E-state index in [4.69, 9.17) is 5.73 Å². The molecule has 1 amide bonds. The van der Waals surface area contributed by atoms with Crippen LogP contribution in [0.25, 0.3) is 0 Å². The summed E-state index contributed by atoms with van der Waals surface area (Å²) in [5.74, 6) is -0.0476. The van der Waals surface area contributed by atoms with Crippen molar-refractivity contribution in [1.82, 2.24) is 15.2 Å². The summed E-state index contributed by atoms with van der Waals surface area (Å²) in [7, 11) is 0. The first-order valence-corrected chi connectivity index (χ1v) is 5.79. The van der Waals surface area contributed by atoms with Crippen molar-refractivity contribution in [1.29, 1.82) is 0 Å². The molecule has 1 aromatic rings. The van der Waals surface area contributed by atoms with Crippen LogP contribution in [-0.4, -0.2) is 27.1 Å². The zero-order valence-corrected chi connectivity index (χ0v) is 10.5. The van der Waals surface area contributed by atoms with Gasteiger partial charge in [0, 0.05) is 0 Å². The molecule has 1 atom stereocenters. The maximum absolute atomic E-state index is 11.7. The number of aromatic nitrogens is 3. The Labute approximate surface area is 101 Å². The van der Waals surface area contributed by atoms with Crippen LogP contribution in [0.15, 0.2) is 0 Å². The summed E-state index contributed by atoms with van der Waals surface area (Å²) in [4.78, 5) is 15.8. The first-order chi connectivity index (χ1) is 8.04. The predicted molar refractivity (Wildman–Crippen MR) is 65.4 cm³/mol. The molecule has 0 aliphatic carbocycles. The van der Waals surface area contributed by atoms with Crippen LogP contribution in [0.4, 0.5) is 5.95 Å². The third-order valence-electron chi connectivity index (χ3n) is 2.53. The lowest BCUT2D eigenvalue weighted by molar-refractivity contribution is -0.117. The van der Waals surface area contributed by atoms with Crippen molar-refractivity contribution in [3.05, 3.63) is 11.4 Å². The maximum Gasteiger partial charge on any atom is 0.249 e. The Morgan fingerprint density at radius 3 is 2.65 bits per heavy atom. The molecule has 1 heterocycles. The summed E-state index contributed by atoms with van der Waals surface area (Å²) < 4.78 is 0. The number of nitrogens with two attached hydrogens (primary N) is 1. The van der Waals surface area contributed by atoms with E-state index in [1.807, 2.05) is 13.8 Å². The Balaban J connectivity index is 2.58. The summed E-state index contributed by atoms with van der Waals surface area (Å²) in [6.45, 7) is 5.69. The van der Waals surface area contributed by atoms with Gasteiger partial charge in [0.1, 0.15) is 0 Å². The quantitative estimate of drug-likeness (QED) is 0.795. The number of carbonyl (C=O) groups excluding carboxylic acids is 1. The average Bonchev–Trinajstić information content (AvgIpc) is 2.30. The zero-order chi connectivity index (χ0) is 12.8. The minimum absolute atomic E-state index is 0.213. The van der Waals surface area contributed by atoms with E-state index in [1.54, 1.807) is 0 Å². The largest absolute Gasteiger partial charge is 0.320 e. The molecule has 0 saturated heterocycles. The fraction of sp³-hybridized carbons (Fsp3) is 0.636. The van der Waals surface area contributed by atoms with Crippen molar-refractivity contribution >= 4 is 11.9 Å². The summed E-state index contributed by atoms with van der Waals surface area (Å²) in [5, 5.41) is 10.2. The lowest BCUT2D eigenvalue weighted by Crippen LogP contribution is -2.36. The fourth-order valence-electron chi connectivity index (χ4n) is 1.27. The van der Waals surface area contributed by atoms with Gasteiger partial charge in [0.2, 0.25) is 11.9 Å². The second-order valence-corrected chi connectivity index (χ2v) is 4.04. The van der Waals surface area contributed by atoms with E-state index in [0.717, 1.165) is 24.2 Å². The van der Waals surface area contributed by atoms with E-state index in [2.05, 4.69) is 27.4 Å².